The number of aromatic nitrogens is 2. The molecule has 29 heavy (non-hydrogen) atoms. The summed E-state index contributed by atoms with van der Waals surface area (Å²) < 4.78 is 15.4. The maximum atomic E-state index is 13.5. The number of hydrogen-bond donors (Lipinski definition) is 2. The lowest BCUT2D eigenvalue weighted by Gasteiger charge is -2.22. The Labute approximate surface area is 181 Å². The minimum Gasteiger partial charge on any atom is -0.327 e. The van der Waals surface area contributed by atoms with Crippen molar-refractivity contribution in [3.05, 3.63) is 47.8 Å². The van der Waals surface area contributed by atoms with Crippen LogP contribution < -0.4 is 10.6 Å². The summed E-state index contributed by atoms with van der Waals surface area (Å²) in [5.41, 5.74) is 4.26. The minimum absolute atomic E-state index is 0. The summed E-state index contributed by atoms with van der Waals surface area (Å²) in [6.45, 7) is 3.76. The van der Waals surface area contributed by atoms with Gasteiger partial charge in [-0.15, -0.1) is 24.8 Å². The number of rotatable bonds is 3. The van der Waals surface area contributed by atoms with Crippen molar-refractivity contribution < 1.29 is 9.18 Å². The van der Waals surface area contributed by atoms with Crippen molar-refractivity contribution in [3.63, 3.8) is 0 Å². The van der Waals surface area contributed by atoms with E-state index in [1.165, 1.54) is 12.1 Å². The molecule has 8 heteroatoms. The molecule has 0 atom stereocenters. The standard InChI is InChI=1S/C21H23FN4O.2ClH/c1-13-11-15(20-24-18-12-16(22)4-6-19(18)26(20)2)3-5-17(13)25-21(27)14-7-9-23-10-8-14;;/h3-6,11-12,14,23H,7-10H2,1-2H3,(H,25,27);2*1H. The number of carbonyl (C=O) groups excluding carboxylic acids is 1. The van der Waals surface area contributed by atoms with Crippen molar-refractivity contribution in [2.45, 2.75) is 19.8 Å². The monoisotopic (exact) mass is 438 g/mol. The van der Waals surface area contributed by atoms with E-state index in [-0.39, 0.29) is 42.5 Å². The van der Waals surface area contributed by atoms with E-state index in [2.05, 4.69) is 15.6 Å². The van der Waals surface area contributed by atoms with Crippen LogP contribution in [-0.4, -0.2) is 28.5 Å². The first-order valence-corrected chi connectivity index (χ1v) is 9.27. The molecule has 156 valence electrons. The summed E-state index contributed by atoms with van der Waals surface area (Å²) in [5.74, 6) is 0.639. The molecule has 2 heterocycles. The highest BCUT2D eigenvalue weighted by molar-refractivity contribution is 5.93. The average molecular weight is 439 g/mol. The number of anilines is 1. The summed E-state index contributed by atoms with van der Waals surface area (Å²) in [6.07, 6.45) is 1.75. The minimum atomic E-state index is -0.292. The fourth-order valence-corrected chi connectivity index (χ4v) is 3.69. The van der Waals surface area contributed by atoms with E-state index < -0.39 is 0 Å². The van der Waals surface area contributed by atoms with Crippen molar-refractivity contribution in [3.8, 4) is 11.4 Å². The molecule has 0 saturated carbocycles. The highest BCUT2D eigenvalue weighted by Crippen LogP contribution is 2.28. The third-order valence-electron chi connectivity index (χ3n) is 5.30. The van der Waals surface area contributed by atoms with Gasteiger partial charge in [0.05, 0.1) is 11.0 Å². The quantitative estimate of drug-likeness (QED) is 0.633. The van der Waals surface area contributed by atoms with Gasteiger partial charge in [0.1, 0.15) is 11.6 Å². The molecular formula is C21H25Cl2FN4O. The van der Waals surface area contributed by atoms with E-state index in [0.717, 1.165) is 54.1 Å². The van der Waals surface area contributed by atoms with Gasteiger partial charge in [-0.1, -0.05) is 0 Å². The first kappa shape index (κ1) is 23.1. The first-order valence-electron chi connectivity index (χ1n) is 9.27. The number of halogens is 3. The zero-order valence-corrected chi connectivity index (χ0v) is 18.0. The van der Waals surface area contributed by atoms with E-state index in [1.807, 2.05) is 36.7 Å². The molecule has 4 rings (SSSR count). The molecule has 1 aliphatic rings. The van der Waals surface area contributed by atoms with Crippen LogP contribution in [-0.2, 0) is 11.8 Å². The second kappa shape index (κ2) is 9.57. The molecule has 1 amide bonds. The van der Waals surface area contributed by atoms with Crippen molar-refractivity contribution in [1.29, 1.82) is 0 Å². The van der Waals surface area contributed by atoms with E-state index >= 15 is 0 Å². The van der Waals surface area contributed by atoms with Crippen LogP contribution in [0.1, 0.15) is 18.4 Å². The van der Waals surface area contributed by atoms with Gasteiger partial charge in [-0.05, 0) is 68.8 Å². The zero-order chi connectivity index (χ0) is 19.0. The number of imidazole rings is 1. The van der Waals surface area contributed by atoms with Crippen LogP contribution in [0.2, 0.25) is 0 Å². The van der Waals surface area contributed by atoms with Gasteiger partial charge < -0.3 is 15.2 Å². The van der Waals surface area contributed by atoms with E-state index in [0.29, 0.717) is 5.52 Å². The molecule has 0 spiro atoms. The Hall–Kier alpha value is -2.15. The number of nitrogens with one attached hydrogen (secondary N) is 2. The Bertz CT molecular complexity index is 1020. The molecule has 0 unspecified atom stereocenters. The highest BCUT2D eigenvalue weighted by Gasteiger charge is 2.21. The maximum absolute atomic E-state index is 13.5. The van der Waals surface area contributed by atoms with Gasteiger partial charge >= 0.3 is 0 Å². The van der Waals surface area contributed by atoms with Gasteiger partial charge in [0.25, 0.3) is 0 Å². The molecule has 1 saturated heterocycles. The van der Waals surface area contributed by atoms with Gasteiger partial charge in [0, 0.05) is 30.3 Å². The zero-order valence-electron chi connectivity index (χ0n) is 16.4. The van der Waals surface area contributed by atoms with Crippen LogP contribution in [0.3, 0.4) is 0 Å². The summed E-state index contributed by atoms with van der Waals surface area (Å²) in [5, 5.41) is 6.34. The number of carbonyl (C=O) groups is 1. The maximum Gasteiger partial charge on any atom is 0.227 e. The highest BCUT2D eigenvalue weighted by atomic mass is 35.5. The second-order valence-corrected chi connectivity index (χ2v) is 7.17. The molecule has 5 nitrogen and oxygen atoms in total. The number of nitrogens with zero attached hydrogens (tertiary/aromatic N) is 2. The number of fused-ring (bicyclic) bond motifs is 1. The topological polar surface area (TPSA) is 59.0 Å². The van der Waals surface area contributed by atoms with Crippen molar-refractivity contribution >= 4 is 47.4 Å². The van der Waals surface area contributed by atoms with Crippen LogP contribution in [0, 0.1) is 18.7 Å². The Balaban J connectivity index is 0.00000150. The molecule has 0 bridgehead atoms. The van der Waals surface area contributed by atoms with Gasteiger partial charge in [0.2, 0.25) is 5.91 Å². The van der Waals surface area contributed by atoms with Crippen molar-refractivity contribution in [1.82, 2.24) is 14.9 Å². The van der Waals surface area contributed by atoms with Crippen LogP contribution in [0.25, 0.3) is 22.4 Å². The molecule has 1 fully saturated rings. The van der Waals surface area contributed by atoms with Crippen molar-refractivity contribution in [2.75, 3.05) is 18.4 Å². The third-order valence-corrected chi connectivity index (χ3v) is 5.30. The van der Waals surface area contributed by atoms with E-state index in [1.54, 1.807) is 6.07 Å². The lowest BCUT2D eigenvalue weighted by Crippen LogP contribution is -2.34. The average Bonchev–Trinajstić information content (AvgIpc) is 3.00. The van der Waals surface area contributed by atoms with Crippen LogP contribution >= 0.6 is 24.8 Å². The number of hydrogen-bond acceptors (Lipinski definition) is 3. The molecule has 3 aromatic rings. The number of piperidine rings is 1. The van der Waals surface area contributed by atoms with Crippen molar-refractivity contribution in [2.24, 2.45) is 13.0 Å². The Morgan fingerprint density at radius 2 is 1.90 bits per heavy atom. The molecule has 0 radical (unpaired) electrons. The molecule has 0 aliphatic carbocycles. The lowest BCUT2D eigenvalue weighted by molar-refractivity contribution is -0.120. The van der Waals surface area contributed by atoms with Gasteiger partial charge in [-0.25, -0.2) is 9.37 Å². The summed E-state index contributed by atoms with van der Waals surface area (Å²) in [4.78, 5) is 17.1. The van der Waals surface area contributed by atoms with Gasteiger partial charge in [-0.3, -0.25) is 4.79 Å². The van der Waals surface area contributed by atoms with Crippen LogP contribution in [0.5, 0.6) is 0 Å². The normalized spacial score (nSPS) is 14.2. The molecule has 1 aliphatic heterocycles. The summed E-state index contributed by atoms with van der Waals surface area (Å²) in [7, 11) is 1.92. The fraction of sp³-hybridized carbons (Fsp3) is 0.333. The van der Waals surface area contributed by atoms with E-state index in [4.69, 9.17) is 0 Å². The lowest BCUT2D eigenvalue weighted by atomic mass is 9.97. The molecular weight excluding hydrogens is 414 g/mol. The molecule has 2 N–H and O–H groups in total. The van der Waals surface area contributed by atoms with Crippen LogP contribution in [0.15, 0.2) is 36.4 Å². The fourth-order valence-electron chi connectivity index (χ4n) is 3.69. The first-order chi connectivity index (χ1) is 13.0. The second-order valence-electron chi connectivity index (χ2n) is 7.17. The summed E-state index contributed by atoms with van der Waals surface area (Å²) in [6, 6.07) is 10.5. The summed E-state index contributed by atoms with van der Waals surface area (Å²) >= 11 is 0. The van der Waals surface area contributed by atoms with Crippen LogP contribution in [0.4, 0.5) is 10.1 Å². The van der Waals surface area contributed by atoms with Gasteiger partial charge in [-0.2, -0.15) is 0 Å². The predicted octanol–water partition coefficient (Wildman–Crippen LogP) is 4.47. The van der Waals surface area contributed by atoms with E-state index in [9.17, 15) is 9.18 Å². The SMILES string of the molecule is Cc1cc(-c2nc3cc(F)ccc3n2C)ccc1NC(=O)C1CCNCC1.Cl.Cl. The Morgan fingerprint density at radius 3 is 2.59 bits per heavy atom. The third kappa shape index (κ3) is 4.71. The number of aryl methyl sites for hydroxylation is 2. The largest absolute Gasteiger partial charge is 0.327 e. The number of amides is 1. The molecule has 1 aromatic heterocycles. The number of benzene rings is 2. The smallest absolute Gasteiger partial charge is 0.227 e. The molecule has 2 aromatic carbocycles. The Kier molecular flexibility index (Phi) is 7.63. The Morgan fingerprint density at radius 1 is 1.17 bits per heavy atom. The predicted molar refractivity (Wildman–Crippen MR) is 120 cm³/mol. The van der Waals surface area contributed by atoms with Gasteiger partial charge in [0.15, 0.2) is 0 Å².